The van der Waals surface area contributed by atoms with Crippen molar-refractivity contribution in [2.45, 2.75) is 44.7 Å². The van der Waals surface area contributed by atoms with Gasteiger partial charge in [-0.05, 0) is 57.5 Å². The minimum absolute atomic E-state index is 0.0486. The molecule has 0 radical (unpaired) electrons. The average Bonchev–Trinajstić information content (AvgIpc) is 2.71. The summed E-state index contributed by atoms with van der Waals surface area (Å²) >= 11 is 0. The number of pyridine rings is 1. The third-order valence-electron chi connectivity index (χ3n) is 5.71. The van der Waals surface area contributed by atoms with Gasteiger partial charge in [0, 0.05) is 25.3 Å². The molecule has 0 bridgehead atoms. The van der Waals surface area contributed by atoms with E-state index in [9.17, 15) is 9.59 Å². The molecule has 0 unspecified atom stereocenters. The van der Waals surface area contributed by atoms with Crippen molar-refractivity contribution in [3.8, 4) is 0 Å². The fourth-order valence-electron chi connectivity index (χ4n) is 4.14. The number of rotatable bonds is 7. The van der Waals surface area contributed by atoms with Crippen molar-refractivity contribution < 1.29 is 14.7 Å². The number of amides is 1. The summed E-state index contributed by atoms with van der Waals surface area (Å²) in [6, 6.07) is 6.24. The molecule has 2 aliphatic rings. The molecular weight excluding hydrogens is 344 g/mol. The Morgan fingerprint density at radius 1 is 1.19 bits per heavy atom. The number of piperidine rings is 2. The average molecular weight is 374 g/mol. The predicted octanol–water partition coefficient (Wildman–Crippen LogP) is 1.35. The third kappa shape index (κ3) is 6.01. The molecule has 7 heteroatoms. The molecule has 0 aliphatic carbocycles. The highest BCUT2D eigenvalue weighted by Gasteiger charge is 2.31. The van der Waals surface area contributed by atoms with Crippen LogP contribution >= 0.6 is 0 Å². The van der Waals surface area contributed by atoms with Gasteiger partial charge in [-0.2, -0.15) is 0 Å². The fraction of sp³-hybridized carbons (Fsp3) is 0.650. The Bertz CT molecular complexity index is 617. The van der Waals surface area contributed by atoms with Gasteiger partial charge in [-0.25, -0.2) is 0 Å². The Morgan fingerprint density at radius 3 is 2.70 bits per heavy atom. The molecule has 2 saturated heterocycles. The molecule has 1 aromatic rings. The SMILES string of the molecule is O=C(O)CCN1CCC(N2CCC[C@H](C(=O)NCc3ccccn3)C2)CC1. The Kier molecular flexibility index (Phi) is 7.18. The smallest absolute Gasteiger partial charge is 0.304 e. The lowest BCUT2D eigenvalue weighted by Gasteiger charge is -2.42. The van der Waals surface area contributed by atoms with E-state index in [0.29, 0.717) is 19.1 Å². The predicted molar refractivity (Wildman–Crippen MR) is 102 cm³/mol. The highest BCUT2D eigenvalue weighted by Crippen LogP contribution is 2.24. The van der Waals surface area contributed by atoms with Crippen molar-refractivity contribution in [3.63, 3.8) is 0 Å². The van der Waals surface area contributed by atoms with Gasteiger partial charge in [-0.1, -0.05) is 6.07 Å². The van der Waals surface area contributed by atoms with Crippen molar-refractivity contribution in [2.75, 3.05) is 32.7 Å². The lowest BCUT2D eigenvalue weighted by atomic mass is 9.93. The quantitative estimate of drug-likeness (QED) is 0.749. The van der Waals surface area contributed by atoms with E-state index in [4.69, 9.17) is 5.11 Å². The van der Waals surface area contributed by atoms with Gasteiger partial charge in [-0.3, -0.25) is 19.5 Å². The molecule has 1 aromatic heterocycles. The Balaban J connectivity index is 1.42. The van der Waals surface area contributed by atoms with Crippen LogP contribution in [0.4, 0.5) is 0 Å². The second kappa shape index (κ2) is 9.80. The number of nitrogens with one attached hydrogen (secondary N) is 1. The summed E-state index contributed by atoms with van der Waals surface area (Å²) < 4.78 is 0. The molecular formula is C20H30N4O3. The maximum Gasteiger partial charge on any atom is 0.304 e. The monoisotopic (exact) mass is 374 g/mol. The number of carbonyl (C=O) groups excluding carboxylic acids is 1. The largest absolute Gasteiger partial charge is 0.481 e. The van der Waals surface area contributed by atoms with Crippen LogP contribution in [0.1, 0.15) is 37.8 Å². The van der Waals surface area contributed by atoms with Crippen LogP contribution in [0.2, 0.25) is 0 Å². The first-order chi connectivity index (χ1) is 13.1. The fourth-order valence-corrected chi connectivity index (χ4v) is 4.14. The molecule has 2 fully saturated rings. The van der Waals surface area contributed by atoms with Gasteiger partial charge in [0.15, 0.2) is 0 Å². The number of likely N-dealkylation sites (tertiary alicyclic amines) is 2. The molecule has 3 rings (SSSR count). The number of aliphatic carboxylic acids is 1. The first kappa shape index (κ1) is 19.8. The van der Waals surface area contributed by atoms with Crippen molar-refractivity contribution >= 4 is 11.9 Å². The zero-order valence-corrected chi connectivity index (χ0v) is 15.8. The van der Waals surface area contributed by atoms with Gasteiger partial charge in [0.1, 0.15) is 0 Å². The van der Waals surface area contributed by atoms with Crippen LogP contribution in [0.25, 0.3) is 0 Å². The Hall–Kier alpha value is -1.99. The summed E-state index contributed by atoms with van der Waals surface area (Å²) in [7, 11) is 0. The van der Waals surface area contributed by atoms with E-state index < -0.39 is 5.97 Å². The third-order valence-corrected chi connectivity index (χ3v) is 5.71. The summed E-state index contributed by atoms with van der Waals surface area (Å²) in [6.45, 7) is 4.91. The number of carbonyl (C=O) groups is 2. The van der Waals surface area contributed by atoms with E-state index in [-0.39, 0.29) is 18.2 Å². The lowest BCUT2D eigenvalue weighted by molar-refractivity contribution is -0.137. The molecule has 1 atom stereocenters. The first-order valence-electron chi connectivity index (χ1n) is 9.97. The topological polar surface area (TPSA) is 85.8 Å². The Labute approximate surface area is 160 Å². The van der Waals surface area contributed by atoms with Crippen LogP contribution in [0, 0.1) is 5.92 Å². The van der Waals surface area contributed by atoms with E-state index in [1.54, 1.807) is 6.20 Å². The lowest BCUT2D eigenvalue weighted by Crippen LogP contribution is -2.50. The zero-order chi connectivity index (χ0) is 19.1. The van der Waals surface area contributed by atoms with Gasteiger partial charge in [0.05, 0.1) is 24.6 Å². The van der Waals surface area contributed by atoms with Crippen LogP contribution in [-0.4, -0.2) is 70.5 Å². The number of carboxylic acid groups (broad SMARTS) is 1. The van der Waals surface area contributed by atoms with Crippen LogP contribution in [-0.2, 0) is 16.1 Å². The molecule has 1 amide bonds. The second-order valence-electron chi connectivity index (χ2n) is 7.59. The highest BCUT2D eigenvalue weighted by atomic mass is 16.4. The number of hydrogen-bond acceptors (Lipinski definition) is 5. The molecule has 0 spiro atoms. The molecule has 27 heavy (non-hydrogen) atoms. The minimum atomic E-state index is -0.729. The number of aromatic nitrogens is 1. The summed E-state index contributed by atoms with van der Waals surface area (Å²) in [5.74, 6) is -0.551. The minimum Gasteiger partial charge on any atom is -0.481 e. The maximum absolute atomic E-state index is 12.6. The number of nitrogens with zero attached hydrogens (tertiary/aromatic N) is 3. The summed E-state index contributed by atoms with van der Waals surface area (Å²) in [5, 5.41) is 11.9. The molecule has 148 valence electrons. The van der Waals surface area contributed by atoms with Crippen molar-refractivity contribution in [1.29, 1.82) is 0 Å². The zero-order valence-electron chi connectivity index (χ0n) is 15.8. The molecule has 3 heterocycles. The molecule has 0 saturated carbocycles. The van der Waals surface area contributed by atoms with Crippen LogP contribution < -0.4 is 5.32 Å². The van der Waals surface area contributed by atoms with Crippen LogP contribution in [0.3, 0.4) is 0 Å². The van der Waals surface area contributed by atoms with Gasteiger partial charge in [0.25, 0.3) is 0 Å². The number of carboxylic acids is 1. The number of hydrogen-bond donors (Lipinski definition) is 2. The normalized spacial score (nSPS) is 22.4. The van der Waals surface area contributed by atoms with Gasteiger partial charge in [0.2, 0.25) is 5.91 Å². The van der Waals surface area contributed by atoms with Gasteiger partial charge in [-0.15, -0.1) is 0 Å². The van der Waals surface area contributed by atoms with E-state index in [2.05, 4.69) is 20.1 Å². The second-order valence-corrected chi connectivity index (χ2v) is 7.59. The molecule has 2 aliphatic heterocycles. The van der Waals surface area contributed by atoms with Crippen LogP contribution in [0.5, 0.6) is 0 Å². The summed E-state index contributed by atoms with van der Waals surface area (Å²) in [6.07, 6.45) is 6.08. The standard InChI is InChI=1S/C20H30N4O3/c25-19(26)8-13-23-11-6-18(7-12-23)24-10-3-4-16(15-24)20(27)22-14-17-5-1-2-9-21-17/h1-2,5,9,16,18H,3-4,6-8,10-15H2,(H,22,27)(H,25,26)/t16-/m0/s1. The van der Waals surface area contributed by atoms with E-state index in [1.807, 2.05) is 18.2 Å². The highest BCUT2D eigenvalue weighted by molar-refractivity contribution is 5.78. The van der Waals surface area contributed by atoms with Gasteiger partial charge >= 0.3 is 5.97 Å². The van der Waals surface area contributed by atoms with Crippen LogP contribution in [0.15, 0.2) is 24.4 Å². The summed E-state index contributed by atoms with van der Waals surface area (Å²) in [4.78, 5) is 32.3. The maximum atomic E-state index is 12.6. The van der Waals surface area contributed by atoms with Crippen molar-refractivity contribution in [2.24, 2.45) is 5.92 Å². The Morgan fingerprint density at radius 2 is 2.00 bits per heavy atom. The molecule has 7 nitrogen and oxygen atoms in total. The molecule has 2 N–H and O–H groups in total. The van der Waals surface area contributed by atoms with E-state index in [1.165, 1.54) is 0 Å². The van der Waals surface area contributed by atoms with E-state index >= 15 is 0 Å². The van der Waals surface area contributed by atoms with Crippen molar-refractivity contribution in [3.05, 3.63) is 30.1 Å². The summed E-state index contributed by atoms with van der Waals surface area (Å²) in [5.41, 5.74) is 0.882. The first-order valence-corrected chi connectivity index (χ1v) is 9.97. The van der Waals surface area contributed by atoms with Crippen molar-refractivity contribution in [1.82, 2.24) is 20.1 Å². The molecule has 0 aromatic carbocycles. The van der Waals surface area contributed by atoms with Gasteiger partial charge < -0.3 is 15.3 Å². The van der Waals surface area contributed by atoms with E-state index in [0.717, 1.165) is 57.6 Å².